The van der Waals surface area contributed by atoms with Crippen LogP contribution in [0.2, 0.25) is 0 Å². The summed E-state index contributed by atoms with van der Waals surface area (Å²) in [5, 5.41) is 3.34. The molecule has 0 aliphatic carbocycles. The second-order valence-electron chi connectivity index (χ2n) is 5.19. The minimum Gasteiger partial charge on any atom is -0.331 e. The van der Waals surface area contributed by atoms with E-state index in [0.29, 0.717) is 4.47 Å². The van der Waals surface area contributed by atoms with E-state index in [1.54, 1.807) is 12.1 Å². The molecule has 0 aromatic heterocycles. The molecule has 2 saturated heterocycles. The van der Waals surface area contributed by atoms with Crippen molar-refractivity contribution in [3.05, 3.63) is 34.1 Å². The Morgan fingerprint density at radius 3 is 2.80 bits per heavy atom. The van der Waals surface area contributed by atoms with Crippen LogP contribution in [-0.2, 0) is 0 Å². The topological polar surface area (TPSA) is 32.3 Å². The van der Waals surface area contributed by atoms with Gasteiger partial charge in [-0.15, -0.1) is 12.4 Å². The van der Waals surface area contributed by atoms with Crippen LogP contribution in [0, 0.1) is 5.82 Å². The first-order valence-corrected chi connectivity index (χ1v) is 7.45. The van der Waals surface area contributed by atoms with Gasteiger partial charge in [0, 0.05) is 23.1 Å². The minimum absolute atomic E-state index is 0. The summed E-state index contributed by atoms with van der Waals surface area (Å²) in [5.41, 5.74) is 0.168. The predicted molar refractivity (Wildman–Crippen MR) is 81.8 cm³/mol. The van der Waals surface area contributed by atoms with E-state index in [9.17, 15) is 9.18 Å². The Balaban J connectivity index is 0.00000147. The smallest absolute Gasteiger partial charge is 0.258 e. The van der Waals surface area contributed by atoms with Crippen LogP contribution < -0.4 is 5.32 Å². The molecule has 0 saturated carbocycles. The highest BCUT2D eigenvalue weighted by atomic mass is 79.9. The Hall–Kier alpha value is -0.650. The molecule has 2 aliphatic heterocycles. The molecule has 1 amide bonds. The summed E-state index contributed by atoms with van der Waals surface area (Å²) in [6, 6.07) is 5.12. The van der Waals surface area contributed by atoms with Gasteiger partial charge in [0.15, 0.2) is 0 Å². The monoisotopic (exact) mass is 362 g/mol. The maximum Gasteiger partial charge on any atom is 0.258 e. The molecule has 2 unspecified atom stereocenters. The van der Waals surface area contributed by atoms with Crippen LogP contribution in [0.4, 0.5) is 4.39 Å². The van der Waals surface area contributed by atoms with Crippen molar-refractivity contribution in [3.8, 4) is 0 Å². The highest BCUT2D eigenvalue weighted by Crippen LogP contribution is 2.31. The van der Waals surface area contributed by atoms with Crippen molar-refractivity contribution in [2.45, 2.75) is 31.3 Å². The van der Waals surface area contributed by atoms with Gasteiger partial charge in [-0.2, -0.15) is 0 Å². The third-order valence-electron chi connectivity index (χ3n) is 4.07. The number of benzene rings is 1. The SMILES string of the molecule is Cl.O=C(c1c(F)cccc1Br)N1C2CCNCC1CC2. The first kappa shape index (κ1) is 15.7. The third-order valence-corrected chi connectivity index (χ3v) is 4.73. The van der Waals surface area contributed by atoms with Crippen molar-refractivity contribution in [2.75, 3.05) is 13.1 Å². The van der Waals surface area contributed by atoms with E-state index in [4.69, 9.17) is 0 Å². The number of halogens is 3. The van der Waals surface area contributed by atoms with E-state index in [1.807, 2.05) is 4.90 Å². The normalized spacial score (nSPS) is 25.0. The number of hydrogen-bond donors (Lipinski definition) is 1. The van der Waals surface area contributed by atoms with Gasteiger partial charge in [-0.25, -0.2) is 4.39 Å². The van der Waals surface area contributed by atoms with Crippen molar-refractivity contribution in [3.63, 3.8) is 0 Å². The summed E-state index contributed by atoms with van der Waals surface area (Å²) in [6.45, 7) is 1.75. The van der Waals surface area contributed by atoms with Gasteiger partial charge in [0.25, 0.3) is 5.91 Å². The molecule has 3 nitrogen and oxygen atoms in total. The van der Waals surface area contributed by atoms with Gasteiger partial charge in [-0.3, -0.25) is 4.79 Å². The van der Waals surface area contributed by atoms with E-state index in [0.717, 1.165) is 32.4 Å². The van der Waals surface area contributed by atoms with Crippen molar-refractivity contribution in [2.24, 2.45) is 0 Å². The Kier molecular flexibility index (Phi) is 5.04. The molecule has 1 N–H and O–H groups in total. The van der Waals surface area contributed by atoms with Crippen molar-refractivity contribution >= 4 is 34.2 Å². The molecule has 1 aromatic carbocycles. The van der Waals surface area contributed by atoms with E-state index in [-0.39, 0.29) is 36.0 Å². The molecule has 2 fully saturated rings. The number of nitrogens with one attached hydrogen (secondary N) is 1. The molecule has 0 radical (unpaired) electrons. The lowest BCUT2D eigenvalue weighted by molar-refractivity contribution is 0.0674. The number of carbonyl (C=O) groups excluding carboxylic acids is 1. The lowest BCUT2D eigenvalue weighted by Crippen LogP contribution is -2.43. The fourth-order valence-corrected chi connectivity index (χ4v) is 3.66. The van der Waals surface area contributed by atoms with Crippen LogP contribution >= 0.6 is 28.3 Å². The molecule has 110 valence electrons. The number of nitrogens with zero attached hydrogens (tertiary/aromatic N) is 1. The number of rotatable bonds is 1. The fraction of sp³-hybridized carbons (Fsp3) is 0.500. The molecular weight excluding hydrogens is 347 g/mol. The summed E-state index contributed by atoms with van der Waals surface area (Å²) in [4.78, 5) is 14.6. The molecular formula is C14H17BrClFN2O. The van der Waals surface area contributed by atoms with Crippen LogP contribution in [0.1, 0.15) is 29.6 Å². The lowest BCUT2D eigenvalue weighted by atomic mass is 10.1. The average molecular weight is 364 g/mol. The first-order chi connectivity index (χ1) is 9.18. The zero-order chi connectivity index (χ0) is 13.4. The minimum atomic E-state index is -0.448. The molecule has 1 aromatic rings. The van der Waals surface area contributed by atoms with Crippen LogP contribution in [0.15, 0.2) is 22.7 Å². The van der Waals surface area contributed by atoms with Gasteiger partial charge in [-0.1, -0.05) is 6.07 Å². The molecule has 2 bridgehead atoms. The Morgan fingerprint density at radius 1 is 1.30 bits per heavy atom. The quantitative estimate of drug-likeness (QED) is 0.832. The second-order valence-corrected chi connectivity index (χ2v) is 6.04. The van der Waals surface area contributed by atoms with E-state index >= 15 is 0 Å². The molecule has 2 atom stereocenters. The number of carbonyl (C=O) groups is 1. The maximum absolute atomic E-state index is 13.9. The Labute approximate surface area is 132 Å². The summed E-state index contributed by atoms with van der Waals surface area (Å²) >= 11 is 3.29. The summed E-state index contributed by atoms with van der Waals surface area (Å²) < 4.78 is 14.5. The van der Waals surface area contributed by atoms with E-state index < -0.39 is 5.82 Å². The van der Waals surface area contributed by atoms with Gasteiger partial charge in [0.1, 0.15) is 5.82 Å². The molecule has 3 rings (SSSR count). The molecule has 2 aliphatic rings. The highest BCUT2D eigenvalue weighted by molar-refractivity contribution is 9.10. The van der Waals surface area contributed by atoms with Crippen LogP contribution in [-0.4, -0.2) is 36.0 Å². The first-order valence-electron chi connectivity index (χ1n) is 6.66. The van der Waals surface area contributed by atoms with Crippen LogP contribution in [0.5, 0.6) is 0 Å². The predicted octanol–water partition coefficient (Wildman–Crippen LogP) is 2.98. The van der Waals surface area contributed by atoms with Gasteiger partial charge in [0.05, 0.1) is 5.56 Å². The maximum atomic E-state index is 13.9. The molecule has 0 spiro atoms. The zero-order valence-corrected chi connectivity index (χ0v) is 13.3. The van der Waals surface area contributed by atoms with Crippen molar-refractivity contribution in [1.82, 2.24) is 10.2 Å². The Bertz CT molecular complexity index is 480. The summed E-state index contributed by atoms with van der Waals surface area (Å²) in [5.74, 6) is -0.628. The van der Waals surface area contributed by atoms with Crippen LogP contribution in [0.3, 0.4) is 0 Å². The standard InChI is InChI=1S/C14H16BrFN2O.ClH/c15-11-2-1-3-12(16)13(11)14(19)18-9-4-5-10(18)8-17-7-6-9;/h1-3,9-10,17H,4-8H2;1H. The van der Waals surface area contributed by atoms with Crippen LogP contribution in [0.25, 0.3) is 0 Å². The average Bonchev–Trinajstić information content (AvgIpc) is 2.62. The van der Waals surface area contributed by atoms with Crippen molar-refractivity contribution in [1.29, 1.82) is 0 Å². The Morgan fingerprint density at radius 2 is 2.05 bits per heavy atom. The third kappa shape index (κ3) is 2.71. The zero-order valence-electron chi connectivity index (χ0n) is 10.9. The number of amides is 1. The second kappa shape index (κ2) is 6.41. The van der Waals surface area contributed by atoms with Gasteiger partial charge in [-0.05, 0) is 53.9 Å². The highest BCUT2D eigenvalue weighted by Gasteiger charge is 2.39. The number of hydrogen-bond acceptors (Lipinski definition) is 2. The van der Waals surface area contributed by atoms with E-state index in [2.05, 4.69) is 21.2 Å². The van der Waals surface area contributed by atoms with Gasteiger partial charge in [0.2, 0.25) is 0 Å². The summed E-state index contributed by atoms with van der Waals surface area (Å²) in [7, 11) is 0. The lowest BCUT2D eigenvalue weighted by Gasteiger charge is -2.28. The van der Waals surface area contributed by atoms with Gasteiger partial charge < -0.3 is 10.2 Å². The van der Waals surface area contributed by atoms with E-state index in [1.165, 1.54) is 6.07 Å². The summed E-state index contributed by atoms with van der Waals surface area (Å²) in [6.07, 6.45) is 2.99. The molecule has 6 heteroatoms. The largest absolute Gasteiger partial charge is 0.331 e. The number of fused-ring (bicyclic) bond motifs is 2. The molecule has 20 heavy (non-hydrogen) atoms. The van der Waals surface area contributed by atoms with Gasteiger partial charge >= 0.3 is 0 Å². The van der Waals surface area contributed by atoms with Crippen molar-refractivity contribution < 1.29 is 9.18 Å². The molecule has 2 heterocycles. The fourth-order valence-electron chi connectivity index (χ4n) is 3.15.